The molecule has 0 bridgehead atoms. The van der Waals surface area contributed by atoms with E-state index in [1.54, 1.807) is 18.4 Å². The van der Waals surface area contributed by atoms with E-state index in [-0.39, 0.29) is 0 Å². The number of aliphatic imine (C=N–C) groups is 1. The van der Waals surface area contributed by atoms with Gasteiger partial charge in [-0.2, -0.15) is 0 Å². The summed E-state index contributed by atoms with van der Waals surface area (Å²) in [5.74, 6) is 0.790. The lowest BCUT2D eigenvalue weighted by atomic mass is 10.1. The highest BCUT2D eigenvalue weighted by Gasteiger charge is 2.05. The van der Waals surface area contributed by atoms with Crippen LogP contribution in [0.3, 0.4) is 0 Å². The first-order valence-corrected chi connectivity index (χ1v) is 9.19. The number of aryl methyl sites for hydroxylation is 2. The SMILES string of the molecule is CN=C(NCCc1nc(C)c(C)s1)NCc1cccc2cccnc12. The lowest BCUT2D eigenvalue weighted by Crippen LogP contribution is -2.37. The topological polar surface area (TPSA) is 62.2 Å². The van der Waals surface area contributed by atoms with Crippen LogP contribution in [-0.2, 0) is 13.0 Å². The summed E-state index contributed by atoms with van der Waals surface area (Å²) in [6.45, 7) is 5.66. The molecular formula is C19H23N5S. The van der Waals surface area contributed by atoms with E-state index in [0.29, 0.717) is 6.54 Å². The van der Waals surface area contributed by atoms with E-state index in [0.717, 1.165) is 46.1 Å². The molecule has 0 atom stereocenters. The lowest BCUT2D eigenvalue weighted by molar-refractivity contribution is 0.792. The molecule has 0 aliphatic carbocycles. The molecular weight excluding hydrogens is 330 g/mol. The largest absolute Gasteiger partial charge is 0.356 e. The molecule has 0 unspecified atom stereocenters. The number of benzene rings is 1. The van der Waals surface area contributed by atoms with Gasteiger partial charge in [-0.25, -0.2) is 4.98 Å². The highest BCUT2D eigenvalue weighted by molar-refractivity contribution is 7.11. The number of hydrogen-bond donors (Lipinski definition) is 2. The average Bonchev–Trinajstić information content (AvgIpc) is 2.95. The zero-order valence-corrected chi connectivity index (χ0v) is 15.7. The first-order valence-electron chi connectivity index (χ1n) is 8.37. The van der Waals surface area contributed by atoms with Gasteiger partial charge >= 0.3 is 0 Å². The summed E-state index contributed by atoms with van der Waals surface area (Å²) < 4.78 is 0. The van der Waals surface area contributed by atoms with E-state index in [1.165, 1.54) is 4.88 Å². The summed E-state index contributed by atoms with van der Waals surface area (Å²) in [5.41, 5.74) is 3.32. The van der Waals surface area contributed by atoms with E-state index in [9.17, 15) is 0 Å². The van der Waals surface area contributed by atoms with E-state index < -0.39 is 0 Å². The van der Waals surface area contributed by atoms with Gasteiger partial charge in [0.25, 0.3) is 0 Å². The van der Waals surface area contributed by atoms with E-state index in [1.807, 2.05) is 12.3 Å². The second-order valence-corrected chi connectivity index (χ2v) is 7.13. The van der Waals surface area contributed by atoms with Crippen molar-refractivity contribution in [3.8, 4) is 0 Å². The number of thiazole rings is 1. The normalized spacial score (nSPS) is 11.7. The molecule has 2 heterocycles. The second-order valence-electron chi connectivity index (χ2n) is 5.84. The Morgan fingerprint density at radius 1 is 1.16 bits per heavy atom. The molecule has 0 radical (unpaired) electrons. The van der Waals surface area contributed by atoms with Crippen LogP contribution in [0.1, 0.15) is 21.1 Å². The summed E-state index contributed by atoms with van der Waals surface area (Å²) in [6.07, 6.45) is 2.73. The molecule has 2 aromatic heterocycles. The zero-order chi connectivity index (χ0) is 17.6. The number of nitrogens with zero attached hydrogens (tertiary/aromatic N) is 3. The Kier molecular flexibility index (Phi) is 5.60. The van der Waals surface area contributed by atoms with Gasteiger partial charge in [0.15, 0.2) is 5.96 Å². The maximum Gasteiger partial charge on any atom is 0.191 e. The minimum absolute atomic E-state index is 0.684. The van der Waals surface area contributed by atoms with Gasteiger partial charge in [0.2, 0.25) is 0 Å². The quantitative estimate of drug-likeness (QED) is 0.546. The molecule has 130 valence electrons. The van der Waals surface area contributed by atoms with Gasteiger partial charge in [-0.3, -0.25) is 9.98 Å². The lowest BCUT2D eigenvalue weighted by Gasteiger charge is -2.12. The summed E-state index contributed by atoms with van der Waals surface area (Å²) in [6, 6.07) is 10.3. The van der Waals surface area contributed by atoms with Gasteiger partial charge < -0.3 is 10.6 Å². The number of fused-ring (bicyclic) bond motifs is 1. The first kappa shape index (κ1) is 17.4. The van der Waals surface area contributed by atoms with Gasteiger partial charge in [0, 0.05) is 43.0 Å². The average molecular weight is 353 g/mol. The number of aromatic nitrogens is 2. The van der Waals surface area contributed by atoms with E-state index in [4.69, 9.17) is 0 Å². The van der Waals surface area contributed by atoms with Crippen molar-refractivity contribution in [1.82, 2.24) is 20.6 Å². The molecule has 0 spiro atoms. The Hall–Kier alpha value is -2.47. The molecule has 0 aliphatic heterocycles. The van der Waals surface area contributed by atoms with Crippen LogP contribution in [0.4, 0.5) is 0 Å². The van der Waals surface area contributed by atoms with Crippen molar-refractivity contribution in [2.24, 2.45) is 4.99 Å². The standard InChI is InChI=1S/C19H23N5S/c1-13-14(2)25-17(24-13)9-11-22-19(20-3)23-12-16-7-4-6-15-8-5-10-21-18(15)16/h4-8,10H,9,11-12H2,1-3H3,(H2,20,22,23). The van der Waals surface area contributed by atoms with Crippen LogP contribution in [0.2, 0.25) is 0 Å². The fourth-order valence-electron chi connectivity index (χ4n) is 2.64. The van der Waals surface area contributed by atoms with E-state index in [2.05, 4.69) is 63.7 Å². The molecule has 0 aliphatic rings. The van der Waals surface area contributed by atoms with Crippen molar-refractivity contribution in [1.29, 1.82) is 0 Å². The van der Waals surface area contributed by atoms with E-state index >= 15 is 0 Å². The van der Waals surface area contributed by atoms with Gasteiger partial charge in [0.1, 0.15) is 0 Å². The van der Waals surface area contributed by atoms with Crippen molar-refractivity contribution >= 4 is 28.2 Å². The number of hydrogen-bond acceptors (Lipinski definition) is 4. The molecule has 6 heteroatoms. The molecule has 5 nitrogen and oxygen atoms in total. The van der Waals surface area contributed by atoms with Crippen molar-refractivity contribution in [2.75, 3.05) is 13.6 Å². The van der Waals surface area contributed by atoms with Crippen molar-refractivity contribution in [2.45, 2.75) is 26.8 Å². The molecule has 0 saturated carbocycles. The monoisotopic (exact) mass is 353 g/mol. The zero-order valence-electron chi connectivity index (χ0n) is 14.8. The van der Waals surface area contributed by atoms with Crippen LogP contribution in [0.5, 0.6) is 0 Å². The molecule has 0 fully saturated rings. The molecule has 3 aromatic rings. The molecule has 25 heavy (non-hydrogen) atoms. The van der Waals surface area contributed by atoms with Crippen molar-refractivity contribution in [3.05, 3.63) is 57.7 Å². The fourth-order valence-corrected chi connectivity index (χ4v) is 3.58. The first-order chi connectivity index (χ1) is 12.2. The Morgan fingerprint density at radius 2 is 2.00 bits per heavy atom. The summed E-state index contributed by atoms with van der Waals surface area (Å²) in [5, 5.41) is 9.03. The van der Waals surface area contributed by atoms with Crippen molar-refractivity contribution in [3.63, 3.8) is 0 Å². The van der Waals surface area contributed by atoms with Crippen molar-refractivity contribution < 1.29 is 0 Å². The predicted molar refractivity (Wildman–Crippen MR) is 105 cm³/mol. The van der Waals surface area contributed by atoms with Gasteiger partial charge in [-0.05, 0) is 25.5 Å². The highest BCUT2D eigenvalue weighted by atomic mass is 32.1. The second kappa shape index (κ2) is 8.07. The number of guanidine groups is 1. The number of para-hydroxylation sites is 1. The molecule has 3 rings (SSSR count). The third-order valence-corrected chi connectivity index (χ3v) is 5.22. The highest BCUT2D eigenvalue weighted by Crippen LogP contribution is 2.17. The smallest absolute Gasteiger partial charge is 0.191 e. The Balaban J connectivity index is 1.55. The Bertz CT molecular complexity index is 860. The predicted octanol–water partition coefficient (Wildman–Crippen LogP) is 3.22. The Labute approximate surface area is 152 Å². The molecule has 1 aromatic carbocycles. The van der Waals surface area contributed by atoms with Gasteiger partial charge in [0.05, 0.1) is 16.2 Å². The van der Waals surface area contributed by atoms with Crippen LogP contribution < -0.4 is 10.6 Å². The summed E-state index contributed by atoms with van der Waals surface area (Å²) >= 11 is 1.77. The molecule has 2 N–H and O–H groups in total. The van der Waals surface area contributed by atoms with Crippen LogP contribution in [0.25, 0.3) is 10.9 Å². The number of pyridine rings is 1. The summed E-state index contributed by atoms with van der Waals surface area (Å²) in [4.78, 5) is 14.6. The van der Waals surface area contributed by atoms with Gasteiger partial charge in [-0.15, -0.1) is 11.3 Å². The van der Waals surface area contributed by atoms with Crippen LogP contribution in [-0.4, -0.2) is 29.5 Å². The maximum atomic E-state index is 4.57. The molecule has 0 saturated heterocycles. The Morgan fingerprint density at radius 3 is 2.76 bits per heavy atom. The third kappa shape index (κ3) is 4.33. The number of rotatable bonds is 5. The van der Waals surface area contributed by atoms with Crippen LogP contribution in [0, 0.1) is 13.8 Å². The van der Waals surface area contributed by atoms with Crippen LogP contribution in [0.15, 0.2) is 41.5 Å². The minimum atomic E-state index is 0.684. The van der Waals surface area contributed by atoms with Gasteiger partial charge in [-0.1, -0.05) is 24.3 Å². The maximum absolute atomic E-state index is 4.57. The third-order valence-electron chi connectivity index (χ3n) is 4.09. The molecule has 0 amide bonds. The number of nitrogens with one attached hydrogen (secondary N) is 2. The van der Waals surface area contributed by atoms with Crippen LogP contribution >= 0.6 is 11.3 Å². The summed E-state index contributed by atoms with van der Waals surface area (Å²) in [7, 11) is 1.79. The fraction of sp³-hybridized carbons (Fsp3) is 0.316. The minimum Gasteiger partial charge on any atom is -0.356 e.